The van der Waals surface area contributed by atoms with Crippen LogP contribution in [0.5, 0.6) is 0 Å². The van der Waals surface area contributed by atoms with E-state index in [1.54, 1.807) is 12.1 Å². The van der Waals surface area contributed by atoms with Crippen LogP contribution in [-0.4, -0.2) is 0 Å². The van der Waals surface area contributed by atoms with Gasteiger partial charge in [0.2, 0.25) is 0 Å². The number of furan rings is 1. The number of benzene rings is 1. The Kier molecular flexibility index (Phi) is 4.21. The zero-order chi connectivity index (χ0) is 14.2. The van der Waals surface area contributed by atoms with Gasteiger partial charge in [-0.2, -0.15) is 0 Å². The Morgan fingerprint density at radius 2 is 1.84 bits per heavy atom. The lowest BCUT2D eigenvalue weighted by molar-refractivity contribution is 0.494. The van der Waals surface area contributed by atoms with Crippen molar-refractivity contribution in [3.8, 4) is 0 Å². The van der Waals surface area contributed by atoms with Crippen molar-refractivity contribution in [3.05, 3.63) is 56.5 Å². The average molecular weight is 299 g/mol. The van der Waals surface area contributed by atoms with E-state index in [1.165, 1.54) is 0 Å². The molecule has 1 heterocycles. The number of aryl methyl sites for hydroxylation is 2. The normalized spacial score (nSPS) is 12.7. The smallest absolute Gasteiger partial charge is 0.106 e. The molecule has 5 heteroatoms. The second kappa shape index (κ2) is 5.55. The summed E-state index contributed by atoms with van der Waals surface area (Å²) >= 11 is 12.3. The molecule has 0 aliphatic heterocycles. The molecule has 1 aromatic carbocycles. The topological polar surface area (TPSA) is 51.2 Å². The van der Waals surface area contributed by atoms with Crippen LogP contribution in [0.25, 0.3) is 0 Å². The summed E-state index contributed by atoms with van der Waals surface area (Å²) in [5, 5.41) is 1.24. The first-order chi connectivity index (χ1) is 8.95. The van der Waals surface area contributed by atoms with Crippen LogP contribution >= 0.6 is 23.2 Å². The molecule has 0 saturated carbocycles. The Balaban J connectivity index is 2.59. The molecule has 0 bridgehead atoms. The number of halogens is 2. The van der Waals surface area contributed by atoms with Crippen molar-refractivity contribution in [2.75, 3.05) is 0 Å². The fourth-order valence-electron chi connectivity index (χ4n) is 2.30. The quantitative estimate of drug-likeness (QED) is 0.663. The third kappa shape index (κ3) is 2.65. The zero-order valence-electron chi connectivity index (χ0n) is 11.1. The van der Waals surface area contributed by atoms with E-state index in [0.717, 1.165) is 28.2 Å². The standard InChI is InChI=1S/C14H16Cl2N2O/c1-7-8(2)19-9(3)13(7)14(18-17)11-6-10(15)4-5-12(11)16/h4-6,14,18H,17H2,1-3H3. The minimum Gasteiger partial charge on any atom is -0.466 e. The summed E-state index contributed by atoms with van der Waals surface area (Å²) in [6.45, 7) is 5.85. The third-order valence-electron chi connectivity index (χ3n) is 3.34. The lowest BCUT2D eigenvalue weighted by Crippen LogP contribution is -2.29. The molecule has 1 aromatic heterocycles. The summed E-state index contributed by atoms with van der Waals surface area (Å²) < 4.78 is 5.65. The summed E-state index contributed by atoms with van der Waals surface area (Å²) in [5.74, 6) is 7.42. The maximum atomic E-state index is 6.25. The Morgan fingerprint density at radius 3 is 2.37 bits per heavy atom. The molecule has 0 aliphatic carbocycles. The fourth-order valence-corrected chi connectivity index (χ4v) is 2.71. The summed E-state index contributed by atoms with van der Waals surface area (Å²) in [4.78, 5) is 0. The van der Waals surface area contributed by atoms with Crippen molar-refractivity contribution >= 4 is 23.2 Å². The summed E-state index contributed by atoms with van der Waals surface area (Å²) in [7, 11) is 0. The molecule has 1 unspecified atom stereocenters. The molecule has 0 aliphatic rings. The lowest BCUT2D eigenvalue weighted by atomic mass is 9.96. The molecule has 2 aromatic rings. The van der Waals surface area contributed by atoms with E-state index < -0.39 is 0 Å². The maximum Gasteiger partial charge on any atom is 0.106 e. The van der Waals surface area contributed by atoms with Gasteiger partial charge in [0.1, 0.15) is 11.5 Å². The average Bonchev–Trinajstić information content (AvgIpc) is 2.61. The highest BCUT2D eigenvalue weighted by Gasteiger charge is 2.23. The predicted octanol–water partition coefficient (Wildman–Crippen LogP) is 4.06. The van der Waals surface area contributed by atoms with Crippen molar-refractivity contribution in [1.29, 1.82) is 0 Å². The van der Waals surface area contributed by atoms with E-state index in [4.69, 9.17) is 33.5 Å². The molecule has 0 radical (unpaired) electrons. The van der Waals surface area contributed by atoms with E-state index in [9.17, 15) is 0 Å². The molecule has 3 N–H and O–H groups in total. The largest absolute Gasteiger partial charge is 0.466 e. The summed E-state index contributed by atoms with van der Waals surface area (Å²) in [5.41, 5.74) is 5.70. The molecule has 0 fully saturated rings. The zero-order valence-corrected chi connectivity index (χ0v) is 12.6. The van der Waals surface area contributed by atoms with Gasteiger partial charge in [-0.3, -0.25) is 5.84 Å². The molecule has 2 rings (SSSR count). The molecule has 1 atom stereocenters. The van der Waals surface area contributed by atoms with Crippen LogP contribution in [0.3, 0.4) is 0 Å². The number of nitrogens with one attached hydrogen (secondary N) is 1. The summed E-state index contributed by atoms with van der Waals surface area (Å²) in [6, 6.07) is 5.08. The highest BCUT2D eigenvalue weighted by atomic mass is 35.5. The Morgan fingerprint density at radius 1 is 1.16 bits per heavy atom. The van der Waals surface area contributed by atoms with Gasteiger partial charge in [-0.05, 0) is 50.1 Å². The molecular weight excluding hydrogens is 283 g/mol. The predicted molar refractivity (Wildman–Crippen MR) is 78.5 cm³/mol. The Labute approximate surface area is 122 Å². The molecule has 0 spiro atoms. The van der Waals surface area contributed by atoms with Gasteiger partial charge >= 0.3 is 0 Å². The van der Waals surface area contributed by atoms with E-state index in [1.807, 2.05) is 26.8 Å². The maximum absolute atomic E-state index is 6.25. The molecule has 0 amide bonds. The first-order valence-corrected chi connectivity index (χ1v) is 6.68. The van der Waals surface area contributed by atoms with Gasteiger partial charge in [0, 0.05) is 15.6 Å². The second-order valence-electron chi connectivity index (χ2n) is 4.52. The van der Waals surface area contributed by atoms with Crippen LogP contribution in [0, 0.1) is 20.8 Å². The van der Waals surface area contributed by atoms with Crippen molar-refractivity contribution in [3.63, 3.8) is 0 Å². The third-order valence-corrected chi connectivity index (χ3v) is 3.92. The van der Waals surface area contributed by atoms with Gasteiger partial charge in [0.05, 0.1) is 6.04 Å². The Hall–Kier alpha value is -1.00. The van der Waals surface area contributed by atoms with Gasteiger partial charge in [-0.25, -0.2) is 5.43 Å². The van der Waals surface area contributed by atoms with Crippen molar-refractivity contribution < 1.29 is 4.42 Å². The van der Waals surface area contributed by atoms with Crippen LogP contribution in [0.1, 0.15) is 34.3 Å². The van der Waals surface area contributed by atoms with Gasteiger partial charge in [-0.15, -0.1) is 0 Å². The van der Waals surface area contributed by atoms with Crippen LogP contribution in [-0.2, 0) is 0 Å². The van der Waals surface area contributed by atoms with Crippen LogP contribution in [0.15, 0.2) is 22.6 Å². The second-order valence-corrected chi connectivity index (χ2v) is 5.36. The van der Waals surface area contributed by atoms with E-state index in [0.29, 0.717) is 10.0 Å². The van der Waals surface area contributed by atoms with Crippen LogP contribution in [0.2, 0.25) is 10.0 Å². The van der Waals surface area contributed by atoms with Gasteiger partial charge in [0.15, 0.2) is 0 Å². The number of hydrogen-bond acceptors (Lipinski definition) is 3. The number of rotatable bonds is 3. The van der Waals surface area contributed by atoms with Gasteiger partial charge in [-0.1, -0.05) is 23.2 Å². The number of hydrazine groups is 1. The lowest BCUT2D eigenvalue weighted by Gasteiger charge is -2.18. The highest BCUT2D eigenvalue weighted by molar-refractivity contribution is 6.33. The molecule has 0 saturated heterocycles. The van der Waals surface area contributed by atoms with Crippen molar-refractivity contribution in [1.82, 2.24) is 5.43 Å². The van der Waals surface area contributed by atoms with Gasteiger partial charge in [0.25, 0.3) is 0 Å². The number of nitrogens with two attached hydrogens (primary N) is 1. The van der Waals surface area contributed by atoms with E-state index in [-0.39, 0.29) is 6.04 Å². The first kappa shape index (κ1) is 14.4. The van der Waals surface area contributed by atoms with Crippen LogP contribution in [0.4, 0.5) is 0 Å². The van der Waals surface area contributed by atoms with E-state index >= 15 is 0 Å². The van der Waals surface area contributed by atoms with Crippen molar-refractivity contribution in [2.24, 2.45) is 5.84 Å². The molecule has 102 valence electrons. The minimum atomic E-state index is -0.247. The first-order valence-electron chi connectivity index (χ1n) is 5.93. The highest BCUT2D eigenvalue weighted by Crippen LogP contribution is 2.35. The monoisotopic (exact) mass is 298 g/mol. The fraction of sp³-hybridized carbons (Fsp3) is 0.286. The molecule has 3 nitrogen and oxygen atoms in total. The Bertz CT molecular complexity index is 608. The number of hydrogen-bond donors (Lipinski definition) is 2. The molecular formula is C14H16Cl2N2O. The minimum absolute atomic E-state index is 0.247. The van der Waals surface area contributed by atoms with Crippen molar-refractivity contribution in [2.45, 2.75) is 26.8 Å². The van der Waals surface area contributed by atoms with E-state index in [2.05, 4.69) is 5.43 Å². The summed E-state index contributed by atoms with van der Waals surface area (Å²) in [6.07, 6.45) is 0. The SMILES string of the molecule is Cc1oc(C)c(C(NN)c2cc(Cl)ccc2Cl)c1C. The molecule has 19 heavy (non-hydrogen) atoms. The van der Waals surface area contributed by atoms with Crippen LogP contribution < -0.4 is 11.3 Å². The van der Waals surface area contributed by atoms with Gasteiger partial charge < -0.3 is 4.42 Å².